The van der Waals surface area contributed by atoms with Crippen molar-refractivity contribution in [3.8, 4) is 11.5 Å². The zero-order valence-corrected chi connectivity index (χ0v) is 19.0. The van der Waals surface area contributed by atoms with Gasteiger partial charge in [-0.15, -0.1) is 0 Å². The van der Waals surface area contributed by atoms with E-state index in [4.69, 9.17) is 21.1 Å². The Hall–Kier alpha value is -3.35. The Balaban J connectivity index is 1.62. The van der Waals surface area contributed by atoms with Crippen molar-refractivity contribution < 1.29 is 23.8 Å². The Bertz CT molecular complexity index is 1210. The molecule has 0 aromatic heterocycles. The lowest BCUT2D eigenvalue weighted by Gasteiger charge is -2.32. The molecule has 0 aliphatic carbocycles. The number of anilines is 1. The molecule has 33 heavy (non-hydrogen) atoms. The van der Waals surface area contributed by atoms with E-state index in [0.29, 0.717) is 18.0 Å². The number of aliphatic hydroxyl groups is 1. The Morgan fingerprint density at radius 3 is 2.58 bits per heavy atom. The van der Waals surface area contributed by atoms with E-state index in [1.807, 2.05) is 55.5 Å². The molecule has 7 heteroatoms. The highest BCUT2D eigenvalue weighted by atomic mass is 35.5. The van der Waals surface area contributed by atoms with Gasteiger partial charge < -0.3 is 19.5 Å². The SMILES string of the molecule is CCOC(=O)C1=CN(Cc2ccc(Oc3ccccc3C)cc2)c2cc(Cl)c(F)cc2C1O. The molecule has 0 fully saturated rings. The summed E-state index contributed by atoms with van der Waals surface area (Å²) in [6.45, 7) is 4.18. The van der Waals surface area contributed by atoms with Gasteiger partial charge >= 0.3 is 5.97 Å². The summed E-state index contributed by atoms with van der Waals surface area (Å²) < 4.78 is 25.2. The van der Waals surface area contributed by atoms with Crippen molar-refractivity contribution in [2.24, 2.45) is 0 Å². The average molecular weight is 468 g/mol. The maximum Gasteiger partial charge on any atom is 0.338 e. The van der Waals surface area contributed by atoms with E-state index in [2.05, 4.69) is 0 Å². The van der Waals surface area contributed by atoms with Gasteiger partial charge in [0.05, 0.1) is 17.2 Å². The second-order valence-corrected chi connectivity index (χ2v) is 8.08. The lowest BCUT2D eigenvalue weighted by Crippen LogP contribution is -2.28. The first-order chi connectivity index (χ1) is 15.9. The van der Waals surface area contributed by atoms with E-state index >= 15 is 0 Å². The molecular weight excluding hydrogens is 445 g/mol. The molecule has 0 saturated heterocycles. The first-order valence-electron chi connectivity index (χ1n) is 10.5. The number of carbonyl (C=O) groups excluding carboxylic acids is 1. The summed E-state index contributed by atoms with van der Waals surface area (Å²) in [5, 5.41) is 10.6. The first-order valence-corrected chi connectivity index (χ1v) is 10.9. The van der Waals surface area contributed by atoms with Crippen LogP contribution < -0.4 is 9.64 Å². The zero-order valence-electron chi connectivity index (χ0n) is 18.2. The van der Waals surface area contributed by atoms with Crippen molar-refractivity contribution >= 4 is 23.3 Å². The molecular formula is C26H23ClFNO4. The van der Waals surface area contributed by atoms with Gasteiger partial charge in [0.15, 0.2) is 0 Å². The number of aryl methyl sites for hydroxylation is 1. The molecule has 1 aliphatic heterocycles. The fourth-order valence-electron chi connectivity index (χ4n) is 3.66. The van der Waals surface area contributed by atoms with Crippen LogP contribution in [0.1, 0.15) is 29.7 Å². The number of fused-ring (bicyclic) bond motifs is 1. The number of halogens is 2. The molecule has 0 saturated carbocycles. The standard InChI is InChI=1S/C26H23ClFNO4/c1-3-32-26(31)20-15-29(23-13-21(27)22(28)12-19(23)25(20)30)14-17-8-10-18(11-9-17)33-24-7-5-4-6-16(24)2/h4-13,15,25,30H,3,14H2,1-2H3. The van der Waals surface area contributed by atoms with Crippen LogP contribution in [0.2, 0.25) is 5.02 Å². The number of esters is 1. The summed E-state index contributed by atoms with van der Waals surface area (Å²) in [7, 11) is 0. The first kappa shape index (κ1) is 22.8. The number of aliphatic hydroxyl groups excluding tert-OH is 1. The highest BCUT2D eigenvalue weighted by Crippen LogP contribution is 2.40. The number of ether oxygens (including phenoxy) is 2. The van der Waals surface area contributed by atoms with Crippen LogP contribution in [0.25, 0.3) is 0 Å². The highest BCUT2D eigenvalue weighted by molar-refractivity contribution is 6.31. The van der Waals surface area contributed by atoms with Crippen molar-refractivity contribution in [3.05, 3.63) is 100.0 Å². The Morgan fingerprint density at radius 2 is 1.88 bits per heavy atom. The molecule has 1 heterocycles. The van der Waals surface area contributed by atoms with Gasteiger partial charge in [0, 0.05) is 24.0 Å². The predicted molar refractivity (Wildman–Crippen MR) is 125 cm³/mol. The Morgan fingerprint density at radius 1 is 1.15 bits per heavy atom. The summed E-state index contributed by atoms with van der Waals surface area (Å²) in [4.78, 5) is 14.1. The Kier molecular flexibility index (Phi) is 6.67. The quantitative estimate of drug-likeness (QED) is 0.445. The molecule has 4 rings (SSSR count). The van der Waals surface area contributed by atoms with Gasteiger partial charge in [-0.1, -0.05) is 41.9 Å². The van der Waals surface area contributed by atoms with E-state index in [0.717, 1.165) is 22.9 Å². The fraction of sp³-hybridized carbons (Fsp3) is 0.192. The number of hydrogen-bond donors (Lipinski definition) is 1. The highest BCUT2D eigenvalue weighted by Gasteiger charge is 2.31. The van der Waals surface area contributed by atoms with Crippen LogP contribution in [0.5, 0.6) is 11.5 Å². The van der Waals surface area contributed by atoms with E-state index in [1.54, 1.807) is 11.8 Å². The summed E-state index contributed by atoms with van der Waals surface area (Å²) in [5.74, 6) is 0.147. The van der Waals surface area contributed by atoms with Crippen LogP contribution in [-0.2, 0) is 16.1 Å². The smallest absolute Gasteiger partial charge is 0.338 e. The van der Waals surface area contributed by atoms with Crippen molar-refractivity contribution in [1.82, 2.24) is 0 Å². The van der Waals surface area contributed by atoms with Crippen LogP contribution in [0.4, 0.5) is 10.1 Å². The minimum atomic E-state index is -1.31. The Labute approximate surface area is 196 Å². The molecule has 170 valence electrons. The monoisotopic (exact) mass is 467 g/mol. The molecule has 3 aromatic carbocycles. The number of rotatable bonds is 6. The van der Waals surface area contributed by atoms with Crippen LogP contribution in [-0.4, -0.2) is 17.7 Å². The lowest BCUT2D eigenvalue weighted by molar-refractivity contribution is -0.139. The third-order valence-corrected chi connectivity index (χ3v) is 5.66. The average Bonchev–Trinajstić information content (AvgIpc) is 2.80. The molecule has 1 aliphatic rings. The van der Waals surface area contributed by atoms with Crippen molar-refractivity contribution in [1.29, 1.82) is 0 Å². The van der Waals surface area contributed by atoms with Crippen molar-refractivity contribution in [2.75, 3.05) is 11.5 Å². The number of para-hydroxylation sites is 1. The minimum Gasteiger partial charge on any atom is -0.463 e. The maximum atomic E-state index is 14.2. The van der Waals surface area contributed by atoms with Crippen LogP contribution >= 0.6 is 11.6 Å². The van der Waals surface area contributed by atoms with Crippen LogP contribution in [0.3, 0.4) is 0 Å². The van der Waals surface area contributed by atoms with Crippen LogP contribution in [0, 0.1) is 12.7 Å². The number of carbonyl (C=O) groups is 1. The van der Waals surface area contributed by atoms with Gasteiger partial charge in [-0.2, -0.15) is 0 Å². The molecule has 3 aromatic rings. The van der Waals surface area contributed by atoms with Gasteiger partial charge in [-0.05, 0) is 55.3 Å². The second kappa shape index (κ2) is 9.65. The molecule has 5 nitrogen and oxygen atoms in total. The van der Waals surface area contributed by atoms with E-state index < -0.39 is 17.9 Å². The lowest BCUT2D eigenvalue weighted by atomic mass is 9.95. The minimum absolute atomic E-state index is 0.0329. The zero-order chi connectivity index (χ0) is 23.5. The van der Waals surface area contributed by atoms with Gasteiger partial charge in [0.25, 0.3) is 0 Å². The summed E-state index contributed by atoms with van der Waals surface area (Å²) in [6.07, 6.45) is 0.212. The third kappa shape index (κ3) is 4.87. The molecule has 0 bridgehead atoms. The van der Waals surface area contributed by atoms with Crippen molar-refractivity contribution in [2.45, 2.75) is 26.5 Å². The van der Waals surface area contributed by atoms with Gasteiger partial charge in [-0.25, -0.2) is 9.18 Å². The topological polar surface area (TPSA) is 59.0 Å². The van der Waals surface area contributed by atoms with E-state index in [1.165, 1.54) is 12.3 Å². The third-order valence-electron chi connectivity index (χ3n) is 5.37. The van der Waals surface area contributed by atoms with E-state index in [-0.39, 0.29) is 22.8 Å². The summed E-state index contributed by atoms with van der Waals surface area (Å²) in [6, 6.07) is 17.9. The predicted octanol–water partition coefficient (Wildman–Crippen LogP) is 6.08. The van der Waals surface area contributed by atoms with Gasteiger partial charge in [0.2, 0.25) is 0 Å². The van der Waals surface area contributed by atoms with Gasteiger partial charge in [-0.3, -0.25) is 0 Å². The summed E-state index contributed by atoms with van der Waals surface area (Å²) in [5.41, 5.74) is 2.75. The normalized spacial score (nSPS) is 15.0. The molecule has 1 unspecified atom stereocenters. The maximum absolute atomic E-state index is 14.2. The fourth-order valence-corrected chi connectivity index (χ4v) is 3.82. The summed E-state index contributed by atoms with van der Waals surface area (Å²) >= 11 is 6.01. The van der Waals surface area contributed by atoms with E-state index in [9.17, 15) is 14.3 Å². The largest absolute Gasteiger partial charge is 0.463 e. The molecule has 1 atom stereocenters. The number of benzene rings is 3. The number of hydrogen-bond acceptors (Lipinski definition) is 5. The second-order valence-electron chi connectivity index (χ2n) is 7.67. The van der Waals surface area contributed by atoms with Crippen molar-refractivity contribution in [3.63, 3.8) is 0 Å². The molecule has 1 N–H and O–H groups in total. The molecule has 0 radical (unpaired) electrons. The van der Waals surface area contributed by atoms with Gasteiger partial charge in [0.1, 0.15) is 23.4 Å². The molecule has 0 amide bonds. The molecule has 0 spiro atoms. The van der Waals surface area contributed by atoms with Crippen LogP contribution in [0.15, 0.2) is 72.4 Å². The number of nitrogens with zero attached hydrogens (tertiary/aromatic N) is 1.